The highest BCUT2D eigenvalue weighted by atomic mass is 19.1. The van der Waals surface area contributed by atoms with E-state index in [-0.39, 0.29) is 11.7 Å². The minimum Gasteiger partial charge on any atom is -0.337 e. The Kier molecular flexibility index (Phi) is 5.11. The monoisotopic (exact) mass is 422 g/mol. The molecule has 0 saturated carbocycles. The fourth-order valence-electron chi connectivity index (χ4n) is 4.59. The summed E-state index contributed by atoms with van der Waals surface area (Å²) in [6, 6.07) is 10.9. The molecule has 1 amide bonds. The Hall–Kier alpha value is -2.97. The molecule has 2 aliphatic heterocycles. The molecule has 8 heteroatoms. The quantitative estimate of drug-likeness (QED) is 0.627. The van der Waals surface area contributed by atoms with Gasteiger partial charge in [-0.05, 0) is 48.7 Å². The number of anilines is 1. The van der Waals surface area contributed by atoms with E-state index in [0.29, 0.717) is 24.9 Å². The molecular weight excluding hydrogens is 395 g/mol. The minimum absolute atomic E-state index is 0.0346. The van der Waals surface area contributed by atoms with Gasteiger partial charge in [0.05, 0.1) is 6.54 Å². The summed E-state index contributed by atoms with van der Waals surface area (Å²) in [6.45, 7) is 5.40. The molecule has 31 heavy (non-hydrogen) atoms. The number of carbonyl (C=O) groups excluding carboxylic acids is 1. The van der Waals surface area contributed by atoms with Gasteiger partial charge >= 0.3 is 0 Å². The van der Waals surface area contributed by atoms with Gasteiger partial charge in [0.1, 0.15) is 11.6 Å². The summed E-state index contributed by atoms with van der Waals surface area (Å²) in [4.78, 5) is 21.5. The van der Waals surface area contributed by atoms with Gasteiger partial charge in [-0.3, -0.25) is 14.6 Å². The zero-order valence-corrected chi connectivity index (χ0v) is 17.6. The van der Waals surface area contributed by atoms with Crippen LogP contribution >= 0.6 is 0 Å². The van der Waals surface area contributed by atoms with Crippen LogP contribution in [0, 0.1) is 5.82 Å². The maximum atomic E-state index is 13.1. The Labute approximate surface area is 180 Å². The number of fused-ring (bicyclic) bond motifs is 3. The van der Waals surface area contributed by atoms with E-state index in [9.17, 15) is 9.18 Å². The predicted molar refractivity (Wildman–Crippen MR) is 119 cm³/mol. The molecule has 1 aromatic carbocycles. The van der Waals surface area contributed by atoms with Crippen LogP contribution in [0.5, 0.6) is 0 Å². The number of pyridine rings is 1. The highest BCUT2D eigenvalue weighted by Gasteiger charge is 2.28. The van der Waals surface area contributed by atoms with Crippen molar-refractivity contribution >= 4 is 22.8 Å². The maximum absolute atomic E-state index is 13.1. The van der Waals surface area contributed by atoms with E-state index in [4.69, 9.17) is 10.8 Å². The van der Waals surface area contributed by atoms with Crippen LogP contribution in [0.1, 0.15) is 23.7 Å². The van der Waals surface area contributed by atoms with Gasteiger partial charge < -0.3 is 11.2 Å². The van der Waals surface area contributed by atoms with Crippen molar-refractivity contribution in [2.45, 2.75) is 32.4 Å². The van der Waals surface area contributed by atoms with Crippen molar-refractivity contribution in [2.75, 3.05) is 36.9 Å². The van der Waals surface area contributed by atoms with Crippen molar-refractivity contribution in [1.29, 1.82) is 0 Å². The number of nitrogens with one attached hydrogen (secondary N) is 1. The normalized spacial score (nSPS) is 19.7. The predicted octanol–water partition coefficient (Wildman–Crippen LogP) is 1.81. The SMILES string of the molecule is CC1Cc2c(c3ccc(N4CCN(CCc5ccc(F)cc5)CC4=O)nc3n2N)CN1. The molecule has 0 spiro atoms. The Morgan fingerprint density at radius 3 is 2.77 bits per heavy atom. The number of halogens is 1. The summed E-state index contributed by atoms with van der Waals surface area (Å²) in [6.07, 6.45) is 1.65. The molecule has 0 bridgehead atoms. The fraction of sp³-hybridized carbons (Fsp3) is 0.391. The van der Waals surface area contributed by atoms with Crippen LogP contribution in [0.25, 0.3) is 11.0 Å². The van der Waals surface area contributed by atoms with Gasteiger partial charge in [0.2, 0.25) is 5.91 Å². The summed E-state index contributed by atoms with van der Waals surface area (Å²) in [7, 11) is 0. The van der Waals surface area contributed by atoms with E-state index >= 15 is 0 Å². The molecule has 1 saturated heterocycles. The third-order valence-corrected chi connectivity index (χ3v) is 6.39. The molecular formula is C23H27FN6O. The second-order valence-electron chi connectivity index (χ2n) is 8.52. The molecule has 0 radical (unpaired) electrons. The molecule has 5 rings (SSSR count). The van der Waals surface area contributed by atoms with Crippen molar-refractivity contribution in [3.63, 3.8) is 0 Å². The molecule has 1 unspecified atom stereocenters. The highest BCUT2D eigenvalue weighted by molar-refractivity contribution is 5.96. The number of aromatic nitrogens is 2. The van der Waals surface area contributed by atoms with Gasteiger partial charge in [-0.25, -0.2) is 14.1 Å². The topological polar surface area (TPSA) is 79.4 Å². The summed E-state index contributed by atoms with van der Waals surface area (Å²) in [5, 5.41) is 4.52. The van der Waals surface area contributed by atoms with Crippen LogP contribution in [0.4, 0.5) is 10.2 Å². The van der Waals surface area contributed by atoms with E-state index in [2.05, 4.69) is 17.1 Å². The van der Waals surface area contributed by atoms with Crippen molar-refractivity contribution in [1.82, 2.24) is 19.9 Å². The number of nitrogens with zero attached hydrogens (tertiary/aromatic N) is 4. The van der Waals surface area contributed by atoms with Crippen LogP contribution in [0.2, 0.25) is 0 Å². The summed E-state index contributed by atoms with van der Waals surface area (Å²) >= 11 is 0. The highest BCUT2D eigenvalue weighted by Crippen LogP contribution is 2.29. The molecule has 2 aliphatic rings. The zero-order valence-electron chi connectivity index (χ0n) is 17.6. The van der Waals surface area contributed by atoms with E-state index in [1.807, 2.05) is 12.1 Å². The van der Waals surface area contributed by atoms with Gasteiger partial charge in [0, 0.05) is 49.7 Å². The molecule has 162 valence electrons. The van der Waals surface area contributed by atoms with Gasteiger partial charge in [-0.2, -0.15) is 0 Å². The van der Waals surface area contributed by atoms with E-state index in [1.165, 1.54) is 17.7 Å². The van der Waals surface area contributed by atoms with E-state index < -0.39 is 0 Å². The lowest BCUT2D eigenvalue weighted by Crippen LogP contribution is -2.51. The molecule has 3 N–H and O–H groups in total. The largest absolute Gasteiger partial charge is 0.337 e. The number of nitrogens with two attached hydrogens (primary N) is 1. The zero-order chi connectivity index (χ0) is 21.5. The third kappa shape index (κ3) is 3.77. The number of nitrogen functional groups attached to an aromatic ring is 1. The summed E-state index contributed by atoms with van der Waals surface area (Å²) in [5.41, 5.74) is 4.11. The van der Waals surface area contributed by atoms with Crippen molar-refractivity contribution < 1.29 is 9.18 Å². The van der Waals surface area contributed by atoms with Crippen LogP contribution < -0.4 is 16.1 Å². The molecule has 0 aliphatic carbocycles. The van der Waals surface area contributed by atoms with E-state index in [1.54, 1.807) is 21.7 Å². The molecule has 4 heterocycles. The van der Waals surface area contributed by atoms with Gasteiger partial charge in [0.25, 0.3) is 0 Å². The molecule has 3 aromatic rings. The minimum atomic E-state index is -0.229. The summed E-state index contributed by atoms with van der Waals surface area (Å²) in [5.74, 6) is 6.83. The Balaban J connectivity index is 1.29. The van der Waals surface area contributed by atoms with E-state index in [0.717, 1.165) is 54.8 Å². The first-order valence-corrected chi connectivity index (χ1v) is 10.8. The van der Waals surface area contributed by atoms with Crippen molar-refractivity contribution in [3.8, 4) is 0 Å². The summed E-state index contributed by atoms with van der Waals surface area (Å²) < 4.78 is 14.8. The second kappa shape index (κ2) is 7.94. The standard InChI is InChI=1S/C23H27FN6O/c1-15-12-20-19(13-26-15)18-6-7-21(27-23(18)30(20)25)29-11-10-28(14-22(29)31)9-8-16-2-4-17(24)5-3-16/h2-7,15,26H,8-14,25H2,1H3. The first-order valence-electron chi connectivity index (χ1n) is 10.8. The number of amides is 1. The average Bonchev–Trinajstić information content (AvgIpc) is 3.04. The maximum Gasteiger partial charge on any atom is 0.242 e. The molecule has 1 atom stereocenters. The first kappa shape index (κ1) is 20.0. The lowest BCUT2D eigenvalue weighted by atomic mass is 10.0. The van der Waals surface area contributed by atoms with Crippen LogP contribution in [0.3, 0.4) is 0 Å². The lowest BCUT2D eigenvalue weighted by Gasteiger charge is -2.33. The van der Waals surface area contributed by atoms with Gasteiger partial charge in [-0.1, -0.05) is 12.1 Å². The van der Waals surface area contributed by atoms with Crippen molar-refractivity contribution in [3.05, 3.63) is 59.0 Å². The number of benzene rings is 1. The smallest absolute Gasteiger partial charge is 0.242 e. The third-order valence-electron chi connectivity index (χ3n) is 6.39. The number of hydrogen-bond acceptors (Lipinski definition) is 5. The second-order valence-corrected chi connectivity index (χ2v) is 8.52. The lowest BCUT2D eigenvalue weighted by molar-refractivity contribution is -0.121. The van der Waals surface area contributed by atoms with Crippen LogP contribution in [-0.4, -0.2) is 52.7 Å². The van der Waals surface area contributed by atoms with Crippen LogP contribution in [0.15, 0.2) is 36.4 Å². The van der Waals surface area contributed by atoms with Crippen molar-refractivity contribution in [2.24, 2.45) is 0 Å². The molecule has 2 aromatic heterocycles. The number of hydrogen-bond donors (Lipinski definition) is 2. The number of piperazine rings is 1. The van der Waals surface area contributed by atoms with Gasteiger partial charge in [-0.15, -0.1) is 0 Å². The average molecular weight is 423 g/mol. The number of carbonyl (C=O) groups is 1. The Bertz CT molecular complexity index is 1130. The van der Waals surface area contributed by atoms with Gasteiger partial charge in [0.15, 0.2) is 5.65 Å². The molecule has 1 fully saturated rings. The van der Waals surface area contributed by atoms with Crippen LogP contribution in [-0.2, 0) is 24.2 Å². The first-order chi connectivity index (χ1) is 15.0. The fourth-order valence-corrected chi connectivity index (χ4v) is 4.59. The number of rotatable bonds is 4. The Morgan fingerprint density at radius 1 is 1.19 bits per heavy atom. The molecule has 7 nitrogen and oxygen atoms in total. The Morgan fingerprint density at radius 2 is 2.00 bits per heavy atom.